The van der Waals surface area contributed by atoms with E-state index in [1.807, 2.05) is 0 Å². The fourth-order valence-electron chi connectivity index (χ4n) is 0.535. The van der Waals surface area contributed by atoms with Gasteiger partial charge in [-0.1, -0.05) is 0 Å². The minimum atomic E-state index is -1.33. The summed E-state index contributed by atoms with van der Waals surface area (Å²) < 4.78 is 0. The molecule has 1 atom stereocenters. The van der Waals surface area contributed by atoms with Crippen LogP contribution in [0.1, 0.15) is 0 Å². The number of nitrogens with zero attached hydrogens (tertiary/aromatic N) is 2. The number of carboxylic acid groups (broad SMARTS) is 1. The van der Waals surface area contributed by atoms with Crippen LogP contribution in [0, 0.1) is 0 Å². The van der Waals surface area contributed by atoms with Gasteiger partial charge in [-0.15, -0.1) is 0 Å². The predicted octanol–water partition coefficient (Wildman–Crippen LogP) is -0.879. The molecule has 1 N–H and O–H groups in total. The quantitative estimate of drug-likeness (QED) is 0.480. The van der Waals surface area contributed by atoms with Crippen LogP contribution in [0.25, 0.3) is 0 Å². The predicted molar refractivity (Wildman–Crippen MR) is 33.4 cm³/mol. The standard InChI is InChI=1S/C5H4N2O3/c8-4-3(5(9)10)6-1-2-7-4/h1-3H,(H,9,10). The third kappa shape index (κ3) is 1.07. The van der Waals surface area contributed by atoms with Gasteiger partial charge in [-0.2, -0.15) is 0 Å². The molecule has 1 rings (SSSR count). The third-order valence-electron chi connectivity index (χ3n) is 0.971. The number of hydrogen-bond donors (Lipinski definition) is 1. The maximum atomic E-state index is 10.5. The van der Waals surface area contributed by atoms with Gasteiger partial charge in [0.15, 0.2) is 0 Å². The molecule has 0 fully saturated rings. The molecule has 0 aromatic rings. The van der Waals surface area contributed by atoms with Gasteiger partial charge in [0, 0.05) is 12.4 Å². The lowest BCUT2D eigenvalue weighted by atomic mass is 10.3. The second kappa shape index (κ2) is 2.38. The average molecular weight is 140 g/mol. The van der Waals surface area contributed by atoms with Gasteiger partial charge in [0.2, 0.25) is 6.04 Å². The summed E-state index contributed by atoms with van der Waals surface area (Å²) in [5, 5.41) is 8.30. The van der Waals surface area contributed by atoms with Crippen molar-refractivity contribution in [1.82, 2.24) is 0 Å². The Morgan fingerprint density at radius 3 is 2.70 bits per heavy atom. The van der Waals surface area contributed by atoms with Crippen LogP contribution in [0.4, 0.5) is 0 Å². The largest absolute Gasteiger partial charge is 0.479 e. The second-order valence-electron chi connectivity index (χ2n) is 1.66. The summed E-state index contributed by atoms with van der Waals surface area (Å²) in [5.74, 6) is -1.99. The molecule has 0 saturated heterocycles. The van der Waals surface area contributed by atoms with Crippen LogP contribution in [0.2, 0.25) is 0 Å². The molecule has 0 aromatic heterocycles. The maximum Gasteiger partial charge on any atom is 0.338 e. The fraction of sp³-hybridized carbons (Fsp3) is 0.200. The molecule has 1 heterocycles. The van der Waals surface area contributed by atoms with E-state index in [9.17, 15) is 9.59 Å². The number of hydrogen-bond acceptors (Lipinski definition) is 3. The molecule has 10 heavy (non-hydrogen) atoms. The Balaban J connectivity index is 2.80. The van der Waals surface area contributed by atoms with Crippen LogP contribution in [0.15, 0.2) is 9.98 Å². The van der Waals surface area contributed by atoms with Crippen LogP contribution < -0.4 is 0 Å². The number of carboxylic acids is 1. The second-order valence-corrected chi connectivity index (χ2v) is 1.66. The Hall–Kier alpha value is -1.52. The summed E-state index contributed by atoms with van der Waals surface area (Å²) in [6.45, 7) is 0. The zero-order valence-corrected chi connectivity index (χ0v) is 4.89. The molecular weight excluding hydrogens is 136 g/mol. The van der Waals surface area contributed by atoms with E-state index in [0.29, 0.717) is 0 Å². The van der Waals surface area contributed by atoms with Crippen molar-refractivity contribution in [3.63, 3.8) is 0 Å². The van der Waals surface area contributed by atoms with E-state index in [1.54, 1.807) is 0 Å². The normalized spacial score (nSPS) is 23.2. The first-order valence-corrected chi connectivity index (χ1v) is 2.54. The molecule has 0 spiro atoms. The van der Waals surface area contributed by atoms with Gasteiger partial charge in [-0.05, 0) is 0 Å². The summed E-state index contributed by atoms with van der Waals surface area (Å²) in [7, 11) is 0. The molecule has 0 aromatic carbocycles. The number of amides is 1. The molecule has 0 saturated carbocycles. The van der Waals surface area contributed by atoms with E-state index in [4.69, 9.17) is 5.11 Å². The lowest BCUT2D eigenvalue weighted by Crippen LogP contribution is -2.28. The molecule has 0 radical (unpaired) electrons. The van der Waals surface area contributed by atoms with E-state index in [2.05, 4.69) is 9.98 Å². The van der Waals surface area contributed by atoms with Crippen LogP contribution in [-0.2, 0) is 9.59 Å². The highest BCUT2D eigenvalue weighted by Gasteiger charge is 2.25. The minimum Gasteiger partial charge on any atom is -0.479 e. The van der Waals surface area contributed by atoms with Crippen LogP contribution >= 0.6 is 0 Å². The average Bonchev–Trinajstić information content (AvgIpc) is 1.88. The Morgan fingerprint density at radius 1 is 1.60 bits per heavy atom. The lowest BCUT2D eigenvalue weighted by molar-refractivity contribution is -0.141. The first kappa shape index (κ1) is 6.60. The summed E-state index contributed by atoms with van der Waals surface area (Å²) in [6, 6.07) is -1.33. The van der Waals surface area contributed by atoms with Crippen LogP contribution in [-0.4, -0.2) is 35.5 Å². The molecule has 1 amide bonds. The SMILES string of the molecule is O=C(O)C1N=CC=NC1=O. The number of carbonyl (C=O) groups is 2. The van der Waals surface area contributed by atoms with Crippen molar-refractivity contribution in [3.8, 4) is 0 Å². The van der Waals surface area contributed by atoms with E-state index in [0.717, 1.165) is 0 Å². The van der Waals surface area contributed by atoms with Gasteiger partial charge in [0.05, 0.1) is 0 Å². The van der Waals surface area contributed by atoms with Gasteiger partial charge in [-0.25, -0.2) is 9.79 Å². The Labute approximate surface area is 56.1 Å². The zero-order chi connectivity index (χ0) is 7.56. The van der Waals surface area contributed by atoms with E-state index in [1.165, 1.54) is 12.4 Å². The minimum absolute atomic E-state index is 0.727. The van der Waals surface area contributed by atoms with Crippen molar-refractivity contribution in [1.29, 1.82) is 0 Å². The molecular formula is C5H4N2O3. The van der Waals surface area contributed by atoms with Gasteiger partial charge in [0.25, 0.3) is 5.91 Å². The molecule has 1 aliphatic rings. The van der Waals surface area contributed by atoms with Crippen molar-refractivity contribution >= 4 is 24.3 Å². The van der Waals surface area contributed by atoms with Gasteiger partial charge < -0.3 is 5.11 Å². The molecule has 52 valence electrons. The smallest absolute Gasteiger partial charge is 0.338 e. The van der Waals surface area contributed by atoms with Crippen molar-refractivity contribution in [2.75, 3.05) is 0 Å². The number of carbonyl (C=O) groups excluding carboxylic acids is 1. The highest BCUT2D eigenvalue weighted by atomic mass is 16.4. The summed E-state index contributed by atoms with van der Waals surface area (Å²) in [6.07, 6.45) is 2.36. The van der Waals surface area contributed by atoms with Crippen molar-refractivity contribution < 1.29 is 14.7 Å². The summed E-state index contributed by atoms with van der Waals surface area (Å²) in [4.78, 5) is 27.3. The molecule has 1 unspecified atom stereocenters. The number of rotatable bonds is 1. The first-order valence-electron chi connectivity index (χ1n) is 2.54. The lowest BCUT2D eigenvalue weighted by Gasteiger charge is -2.02. The monoisotopic (exact) mass is 140 g/mol. The van der Waals surface area contributed by atoms with Gasteiger partial charge in [-0.3, -0.25) is 9.79 Å². The first-order chi connectivity index (χ1) is 4.72. The Bertz CT molecular complexity index is 231. The van der Waals surface area contributed by atoms with E-state index in [-0.39, 0.29) is 0 Å². The van der Waals surface area contributed by atoms with Crippen LogP contribution in [0.3, 0.4) is 0 Å². The fourth-order valence-corrected chi connectivity index (χ4v) is 0.535. The van der Waals surface area contributed by atoms with E-state index < -0.39 is 17.9 Å². The zero-order valence-electron chi connectivity index (χ0n) is 4.89. The summed E-state index contributed by atoms with van der Waals surface area (Å²) in [5.41, 5.74) is 0. The molecule has 0 bridgehead atoms. The van der Waals surface area contributed by atoms with Crippen molar-refractivity contribution in [2.24, 2.45) is 9.98 Å². The van der Waals surface area contributed by atoms with Gasteiger partial charge >= 0.3 is 5.97 Å². The third-order valence-corrected chi connectivity index (χ3v) is 0.971. The highest BCUT2D eigenvalue weighted by molar-refractivity contribution is 6.24. The topological polar surface area (TPSA) is 79.1 Å². The Morgan fingerprint density at radius 2 is 2.30 bits per heavy atom. The molecule has 5 heteroatoms. The molecule has 0 aliphatic carbocycles. The number of aliphatic carboxylic acids is 1. The highest BCUT2D eigenvalue weighted by Crippen LogP contribution is 1.96. The summed E-state index contributed by atoms with van der Waals surface area (Å²) >= 11 is 0. The van der Waals surface area contributed by atoms with Crippen molar-refractivity contribution in [3.05, 3.63) is 0 Å². The maximum absolute atomic E-state index is 10.5. The molecule has 5 nitrogen and oxygen atoms in total. The van der Waals surface area contributed by atoms with E-state index >= 15 is 0 Å². The van der Waals surface area contributed by atoms with Crippen LogP contribution in [0.5, 0.6) is 0 Å². The number of aliphatic imine (C=N–C) groups is 2. The Kier molecular flexibility index (Phi) is 1.57. The van der Waals surface area contributed by atoms with Crippen molar-refractivity contribution in [2.45, 2.75) is 6.04 Å². The molecule has 1 aliphatic heterocycles. The van der Waals surface area contributed by atoms with Gasteiger partial charge in [0.1, 0.15) is 0 Å².